The molecular weight excluding hydrogens is 165 g/mol. The number of halogens is 1. The van der Waals surface area contributed by atoms with E-state index in [1.165, 1.54) is 5.56 Å². The van der Waals surface area contributed by atoms with Gasteiger partial charge in [-0.05, 0) is 24.1 Å². The van der Waals surface area contributed by atoms with E-state index < -0.39 is 0 Å². The number of nitrogens with one attached hydrogen (secondary N) is 1. The van der Waals surface area contributed by atoms with E-state index in [1.54, 1.807) is 12.1 Å². The highest BCUT2D eigenvalue weighted by molar-refractivity contribution is 5.29. The quantitative estimate of drug-likeness (QED) is 0.733. The minimum atomic E-state index is -0.151. The maximum atomic E-state index is 12.7. The van der Waals surface area contributed by atoms with Crippen molar-refractivity contribution in [3.8, 4) is 0 Å². The molecule has 1 aromatic rings. The number of benzene rings is 1. The van der Waals surface area contributed by atoms with E-state index in [0.717, 1.165) is 19.5 Å². The molecule has 1 fully saturated rings. The van der Waals surface area contributed by atoms with Crippen LogP contribution in [0.25, 0.3) is 0 Å². The van der Waals surface area contributed by atoms with Crippen molar-refractivity contribution < 1.29 is 4.39 Å². The first-order chi connectivity index (χ1) is 6.27. The van der Waals surface area contributed by atoms with Gasteiger partial charge in [0.2, 0.25) is 0 Å². The van der Waals surface area contributed by atoms with Crippen molar-refractivity contribution in [3.63, 3.8) is 0 Å². The second kappa shape index (κ2) is 3.11. The molecule has 0 spiro atoms. The fourth-order valence-corrected chi connectivity index (χ4v) is 1.89. The zero-order valence-electron chi connectivity index (χ0n) is 7.81. The van der Waals surface area contributed by atoms with Gasteiger partial charge in [0, 0.05) is 18.5 Å². The van der Waals surface area contributed by atoms with Crippen LogP contribution >= 0.6 is 0 Å². The lowest BCUT2D eigenvalue weighted by atomic mass is 9.73. The molecule has 1 nitrogen and oxygen atoms in total. The van der Waals surface area contributed by atoms with Crippen molar-refractivity contribution in [2.45, 2.75) is 18.8 Å². The van der Waals surface area contributed by atoms with Gasteiger partial charge in [-0.15, -0.1) is 0 Å². The van der Waals surface area contributed by atoms with Crippen LogP contribution in [0.1, 0.15) is 18.9 Å². The summed E-state index contributed by atoms with van der Waals surface area (Å²) in [6, 6.07) is 6.90. The standard InChI is InChI=1S/C11H14FN/c1-2-11(7-13-8-11)9-3-5-10(12)6-4-9/h3-6,13H,2,7-8H2,1H3. The average molecular weight is 179 g/mol. The molecule has 0 radical (unpaired) electrons. The van der Waals surface area contributed by atoms with E-state index in [0.29, 0.717) is 0 Å². The number of hydrogen-bond acceptors (Lipinski definition) is 1. The molecule has 0 aliphatic carbocycles. The number of rotatable bonds is 2. The summed E-state index contributed by atoms with van der Waals surface area (Å²) in [5.41, 5.74) is 1.53. The smallest absolute Gasteiger partial charge is 0.123 e. The average Bonchev–Trinajstić information content (AvgIpc) is 2.07. The summed E-state index contributed by atoms with van der Waals surface area (Å²) < 4.78 is 12.7. The van der Waals surface area contributed by atoms with Crippen LogP contribution in [0.2, 0.25) is 0 Å². The van der Waals surface area contributed by atoms with E-state index in [4.69, 9.17) is 0 Å². The molecule has 1 aliphatic heterocycles. The van der Waals surface area contributed by atoms with Crippen molar-refractivity contribution >= 4 is 0 Å². The van der Waals surface area contributed by atoms with Gasteiger partial charge in [-0.25, -0.2) is 4.39 Å². The first-order valence-electron chi connectivity index (χ1n) is 4.74. The molecule has 2 heteroatoms. The first kappa shape index (κ1) is 8.70. The van der Waals surface area contributed by atoms with Crippen LogP contribution in [0.15, 0.2) is 24.3 Å². The molecule has 1 heterocycles. The zero-order valence-corrected chi connectivity index (χ0v) is 7.81. The Balaban J connectivity index is 2.28. The Bertz CT molecular complexity index is 282. The molecule has 1 aliphatic rings. The summed E-state index contributed by atoms with van der Waals surface area (Å²) in [4.78, 5) is 0. The Labute approximate surface area is 78.0 Å². The summed E-state index contributed by atoms with van der Waals surface area (Å²) >= 11 is 0. The van der Waals surface area contributed by atoms with E-state index in [2.05, 4.69) is 12.2 Å². The molecular formula is C11H14FN. The third-order valence-electron chi connectivity index (χ3n) is 3.06. The van der Waals surface area contributed by atoms with Crippen LogP contribution < -0.4 is 5.32 Å². The summed E-state index contributed by atoms with van der Waals surface area (Å²) in [5, 5.41) is 3.27. The van der Waals surface area contributed by atoms with E-state index >= 15 is 0 Å². The lowest BCUT2D eigenvalue weighted by molar-refractivity contribution is 0.267. The molecule has 1 saturated heterocycles. The molecule has 0 unspecified atom stereocenters. The largest absolute Gasteiger partial charge is 0.315 e. The number of hydrogen-bond donors (Lipinski definition) is 1. The van der Waals surface area contributed by atoms with Gasteiger partial charge < -0.3 is 5.32 Å². The van der Waals surface area contributed by atoms with Gasteiger partial charge in [0.25, 0.3) is 0 Å². The van der Waals surface area contributed by atoms with Gasteiger partial charge in [0.1, 0.15) is 5.82 Å². The van der Waals surface area contributed by atoms with Crippen molar-refractivity contribution in [3.05, 3.63) is 35.6 Å². The molecule has 0 aromatic heterocycles. The SMILES string of the molecule is CCC1(c2ccc(F)cc2)CNC1. The highest BCUT2D eigenvalue weighted by Crippen LogP contribution is 2.31. The maximum Gasteiger partial charge on any atom is 0.123 e. The Morgan fingerprint density at radius 3 is 2.31 bits per heavy atom. The molecule has 0 saturated carbocycles. The summed E-state index contributed by atoms with van der Waals surface area (Å²) in [6.07, 6.45) is 1.12. The Morgan fingerprint density at radius 1 is 1.31 bits per heavy atom. The van der Waals surface area contributed by atoms with Crippen LogP contribution in [-0.2, 0) is 5.41 Å². The second-order valence-electron chi connectivity index (χ2n) is 3.74. The van der Waals surface area contributed by atoms with Crippen molar-refractivity contribution in [1.29, 1.82) is 0 Å². The second-order valence-corrected chi connectivity index (χ2v) is 3.74. The van der Waals surface area contributed by atoms with Crippen LogP contribution in [0.5, 0.6) is 0 Å². The molecule has 1 N–H and O–H groups in total. The molecule has 0 bridgehead atoms. The summed E-state index contributed by atoms with van der Waals surface area (Å²) in [6.45, 7) is 4.23. The van der Waals surface area contributed by atoms with Crippen molar-refractivity contribution in [2.75, 3.05) is 13.1 Å². The molecule has 0 amide bonds. The van der Waals surface area contributed by atoms with E-state index in [9.17, 15) is 4.39 Å². The predicted octanol–water partition coefficient (Wildman–Crippen LogP) is 2.08. The monoisotopic (exact) mass is 179 g/mol. The van der Waals surface area contributed by atoms with Gasteiger partial charge in [-0.3, -0.25) is 0 Å². The van der Waals surface area contributed by atoms with Gasteiger partial charge in [-0.1, -0.05) is 19.1 Å². The van der Waals surface area contributed by atoms with Crippen LogP contribution in [0.3, 0.4) is 0 Å². The van der Waals surface area contributed by atoms with E-state index in [1.807, 2.05) is 12.1 Å². The topological polar surface area (TPSA) is 12.0 Å². The Kier molecular flexibility index (Phi) is 2.08. The lowest BCUT2D eigenvalue weighted by Gasteiger charge is -2.42. The molecule has 1 aromatic carbocycles. The van der Waals surface area contributed by atoms with Crippen LogP contribution in [0.4, 0.5) is 4.39 Å². The maximum absolute atomic E-state index is 12.7. The van der Waals surface area contributed by atoms with Gasteiger partial charge in [0.05, 0.1) is 0 Å². The van der Waals surface area contributed by atoms with Gasteiger partial charge >= 0.3 is 0 Å². The minimum Gasteiger partial charge on any atom is -0.315 e. The van der Waals surface area contributed by atoms with Crippen LogP contribution in [-0.4, -0.2) is 13.1 Å². The first-order valence-corrected chi connectivity index (χ1v) is 4.74. The van der Waals surface area contributed by atoms with Gasteiger partial charge in [0.15, 0.2) is 0 Å². The normalized spacial score (nSPS) is 19.5. The summed E-state index contributed by atoms with van der Waals surface area (Å²) in [7, 11) is 0. The van der Waals surface area contributed by atoms with Crippen molar-refractivity contribution in [2.24, 2.45) is 0 Å². The highest BCUT2D eigenvalue weighted by atomic mass is 19.1. The molecule has 70 valence electrons. The van der Waals surface area contributed by atoms with Gasteiger partial charge in [-0.2, -0.15) is 0 Å². The fourth-order valence-electron chi connectivity index (χ4n) is 1.89. The third-order valence-corrected chi connectivity index (χ3v) is 3.06. The summed E-state index contributed by atoms with van der Waals surface area (Å²) in [5.74, 6) is -0.151. The molecule has 2 rings (SSSR count). The zero-order chi connectivity index (χ0) is 9.31. The van der Waals surface area contributed by atoms with Crippen LogP contribution in [0, 0.1) is 5.82 Å². The fraction of sp³-hybridized carbons (Fsp3) is 0.455. The Morgan fingerprint density at radius 2 is 1.92 bits per heavy atom. The molecule has 0 atom stereocenters. The third kappa shape index (κ3) is 1.35. The minimum absolute atomic E-state index is 0.151. The highest BCUT2D eigenvalue weighted by Gasteiger charge is 2.36. The lowest BCUT2D eigenvalue weighted by Crippen LogP contribution is -2.56. The van der Waals surface area contributed by atoms with Crippen molar-refractivity contribution in [1.82, 2.24) is 5.32 Å². The molecule has 13 heavy (non-hydrogen) atoms. The Hall–Kier alpha value is -0.890. The van der Waals surface area contributed by atoms with E-state index in [-0.39, 0.29) is 11.2 Å². The predicted molar refractivity (Wildman–Crippen MR) is 51.2 cm³/mol.